The molecule has 0 fully saturated rings. The van der Waals surface area contributed by atoms with Crippen LogP contribution in [0.3, 0.4) is 0 Å². The molecule has 0 unspecified atom stereocenters. The van der Waals surface area contributed by atoms with Gasteiger partial charge >= 0.3 is 0 Å². The van der Waals surface area contributed by atoms with E-state index in [1.807, 2.05) is 12.1 Å². The van der Waals surface area contributed by atoms with Crippen LogP contribution in [0.2, 0.25) is 0 Å². The molecule has 0 spiro atoms. The van der Waals surface area contributed by atoms with E-state index >= 15 is 0 Å². The maximum absolute atomic E-state index is 5.33. The lowest BCUT2D eigenvalue weighted by atomic mass is 10.1. The van der Waals surface area contributed by atoms with E-state index in [2.05, 4.69) is 43.5 Å². The van der Waals surface area contributed by atoms with Crippen molar-refractivity contribution in [3.05, 3.63) is 29.8 Å². The average Bonchev–Trinajstić information content (AvgIpc) is 2.32. The molecule has 0 aliphatic heterocycles. The lowest BCUT2D eigenvalue weighted by molar-refractivity contribution is 0.408. The summed E-state index contributed by atoms with van der Waals surface area (Å²) < 4.78 is 5.33. The first-order valence-corrected chi connectivity index (χ1v) is 6.60. The molecule has 1 aromatic rings. The van der Waals surface area contributed by atoms with Gasteiger partial charge in [0.2, 0.25) is 0 Å². The largest absolute Gasteiger partial charge is 0.496 e. The van der Waals surface area contributed by atoms with Gasteiger partial charge in [0.15, 0.2) is 0 Å². The minimum absolute atomic E-state index is 0.199. The van der Waals surface area contributed by atoms with Crippen molar-refractivity contribution in [2.75, 3.05) is 26.7 Å². The van der Waals surface area contributed by atoms with Gasteiger partial charge in [0, 0.05) is 18.6 Å². The molecule has 0 aliphatic rings. The minimum atomic E-state index is 0.199. The molecule has 0 saturated heterocycles. The van der Waals surface area contributed by atoms with Crippen LogP contribution in [0.15, 0.2) is 24.3 Å². The fourth-order valence-electron chi connectivity index (χ4n) is 1.78. The predicted molar refractivity (Wildman–Crippen MR) is 77.3 cm³/mol. The van der Waals surface area contributed by atoms with Crippen LogP contribution < -0.4 is 15.4 Å². The van der Waals surface area contributed by atoms with Gasteiger partial charge in [0.25, 0.3) is 0 Å². The Balaban J connectivity index is 2.18. The van der Waals surface area contributed by atoms with Crippen LogP contribution in [0, 0.1) is 0 Å². The lowest BCUT2D eigenvalue weighted by Gasteiger charge is -2.20. The van der Waals surface area contributed by atoms with Crippen molar-refractivity contribution in [3.8, 4) is 5.75 Å². The quantitative estimate of drug-likeness (QED) is 0.728. The van der Waals surface area contributed by atoms with E-state index < -0.39 is 0 Å². The molecule has 3 nitrogen and oxygen atoms in total. The molecular formula is C15H26N2O. The first-order valence-electron chi connectivity index (χ1n) is 6.60. The van der Waals surface area contributed by atoms with Crippen molar-refractivity contribution in [3.63, 3.8) is 0 Å². The summed E-state index contributed by atoms with van der Waals surface area (Å²) in [4.78, 5) is 0. The average molecular weight is 250 g/mol. The van der Waals surface area contributed by atoms with E-state index in [4.69, 9.17) is 4.74 Å². The molecule has 0 saturated carbocycles. The van der Waals surface area contributed by atoms with Crippen LogP contribution in [-0.2, 0) is 6.42 Å². The molecule has 0 radical (unpaired) electrons. The summed E-state index contributed by atoms with van der Waals surface area (Å²) in [6.07, 6.45) is 1.000. The molecule has 102 valence electrons. The number of ether oxygens (including phenoxy) is 1. The van der Waals surface area contributed by atoms with Gasteiger partial charge in [-0.05, 0) is 45.4 Å². The summed E-state index contributed by atoms with van der Waals surface area (Å²) in [5.41, 5.74) is 1.46. The Hall–Kier alpha value is -1.06. The molecular weight excluding hydrogens is 224 g/mol. The zero-order valence-electron chi connectivity index (χ0n) is 12.0. The van der Waals surface area contributed by atoms with Gasteiger partial charge in [-0.3, -0.25) is 0 Å². The van der Waals surface area contributed by atoms with Gasteiger partial charge in [-0.1, -0.05) is 18.2 Å². The molecule has 0 bridgehead atoms. The molecule has 1 aromatic carbocycles. The van der Waals surface area contributed by atoms with Crippen molar-refractivity contribution in [2.45, 2.75) is 32.7 Å². The highest BCUT2D eigenvalue weighted by molar-refractivity contribution is 5.33. The number of benzene rings is 1. The van der Waals surface area contributed by atoms with E-state index in [-0.39, 0.29) is 5.54 Å². The van der Waals surface area contributed by atoms with Crippen molar-refractivity contribution in [2.24, 2.45) is 0 Å². The van der Waals surface area contributed by atoms with Crippen LogP contribution in [0.25, 0.3) is 0 Å². The topological polar surface area (TPSA) is 33.3 Å². The van der Waals surface area contributed by atoms with Crippen molar-refractivity contribution in [1.82, 2.24) is 10.6 Å². The minimum Gasteiger partial charge on any atom is -0.496 e. The van der Waals surface area contributed by atoms with Crippen LogP contribution in [0.5, 0.6) is 5.75 Å². The number of hydrogen-bond donors (Lipinski definition) is 2. The zero-order chi connectivity index (χ0) is 13.4. The normalized spacial score (nSPS) is 11.6. The Labute approximate surface area is 111 Å². The maximum atomic E-state index is 5.33. The second-order valence-corrected chi connectivity index (χ2v) is 5.49. The van der Waals surface area contributed by atoms with Crippen LogP contribution in [-0.4, -0.2) is 32.3 Å². The number of methoxy groups -OCH3 is 1. The molecule has 0 heterocycles. The van der Waals surface area contributed by atoms with Gasteiger partial charge in [0.1, 0.15) is 5.75 Å². The second-order valence-electron chi connectivity index (χ2n) is 5.49. The Kier molecular flexibility index (Phi) is 6.16. The Morgan fingerprint density at radius 3 is 2.44 bits per heavy atom. The Bertz CT molecular complexity index is 345. The highest BCUT2D eigenvalue weighted by Crippen LogP contribution is 2.16. The van der Waals surface area contributed by atoms with E-state index in [9.17, 15) is 0 Å². The fourth-order valence-corrected chi connectivity index (χ4v) is 1.78. The van der Waals surface area contributed by atoms with E-state index in [1.54, 1.807) is 7.11 Å². The van der Waals surface area contributed by atoms with Crippen molar-refractivity contribution >= 4 is 0 Å². The number of para-hydroxylation sites is 1. The standard InChI is InChI=1S/C15H26N2O/c1-15(2,3)17-12-11-16-10-9-13-7-5-6-8-14(13)18-4/h5-8,16-17H,9-12H2,1-4H3. The summed E-state index contributed by atoms with van der Waals surface area (Å²) in [6, 6.07) is 8.19. The lowest BCUT2D eigenvalue weighted by Crippen LogP contribution is -2.40. The van der Waals surface area contributed by atoms with Crippen molar-refractivity contribution < 1.29 is 4.74 Å². The summed E-state index contributed by atoms with van der Waals surface area (Å²) in [5.74, 6) is 0.979. The molecule has 0 aromatic heterocycles. The van der Waals surface area contributed by atoms with Gasteiger partial charge in [-0.2, -0.15) is 0 Å². The second kappa shape index (κ2) is 7.39. The monoisotopic (exact) mass is 250 g/mol. The van der Waals surface area contributed by atoms with Gasteiger partial charge < -0.3 is 15.4 Å². The summed E-state index contributed by atoms with van der Waals surface area (Å²) in [6.45, 7) is 9.51. The molecule has 0 aliphatic carbocycles. The molecule has 0 atom stereocenters. The number of nitrogens with one attached hydrogen (secondary N) is 2. The third kappa shape index (κ3) is 6.03. The smallest absolute Gasteiger partial charge is 0.122 e. The molecule has 2 N–H and O–H groups in total. The summed E-state index contributed by atoms with van der Waals surface area (Å²) >= 11 is 0. The number of hydrogen-bond acceptors (Lipinski definition) is 3. The highest BCUT2D eigenvalue weighted by Gasteiger charge is 2.06. The van der Waals surface area contributed by atoms with Crippen molar-refractivity contribution in [1.29, 1.82) is 0 Å². The van der Waals surface area contributed by atoms with Crippen LogP contribution in [0.1, 0.15) is 26.3 Å². The van der Waals surface area contributed by atoms with Crippen LogP contribution in [0.4, 0.5) is 0 Å². The first-order chi connectivity index (χ1) is 8.53. The van der Waals surface area contributed by atoms with Gasteiger partial charge in [-0.25, -0.2) is 0 Å². The molecule has 18 heavy (non-hydrogen) atoms. The van der Waals surface area contributed by atoms with E-state index in [1.165, 1.54) is 5.56 Å². The first kappa shape index (κ1) is 15.0. The third-order valence-corrected chi connectivity index (χ3v) is 2.72. The predicted octanol–water partition coefficient (Wildman–Crippen LogP) is 2.22. The molecule has 3 heteroatoms. The molecule has 0 amide bonds. The Morgan fingerprint density at radius 2 is 1.78 bits per heavy atom. The highest BCUT2D eigenvalue weighted by atomic mass is 16.5. The van der Waals surface area contributed by atoms with Crippen LogP contribution >= 0.6 is 0 Å². The molecule has 1 rings (SSSR count). The summed E-state index contributed by atoms with van der Waals surface area (Å²) in [7, 11) is 1.72. The Morgan fingerprint density at radius 1 is 1.06 bits per heavy atom. The SMILES string of the molecule is COc1ccccc1CCNCCNC(C)(C)C. The summed E-state index contributed by atoms with van der Waals surface area (Å²) in [5, 5.41) is 6.90. The fraction of sp³-hybridized carbons (Fsp3) is 0.600. The van der Waals surface area contributed by atoms with Gasteiger partial charge in [0.05, 0.1) is 7.11 Å². The third-order valence-electron chi connectivity index (χ3n) is 2.72. The number of rotatable bonds is 7. The maximum Gasteiger partial charge on any atom is 0.122 e. The van der Waals surface area contributed by atoms with E-state index in [0.717, 1.165) is 31.8 Å². The van der Waals surface area contributed by atoms with E-state index in [0.29, 0.717) is 0 Å². The van der Waals surface area contributed by atoms with Gasteiger partial charge in [-0.15, -0.1) is 0 Å². The zero-order valence-corrected chi connectivity index (χ0v) is 12.0.